The van der Waals surface area contributed by atoms with Gasteiger partial charge in [-0.3, -0.25) is 4.99 Å². The van der Waals surface area contributed by atoms with Gasteiger partial charge < -0.3 is 11.1 Å². The smallest absolute Gasteiger partial charge is 0.312 e. The fraction of sp³-hybridized carbons (Fsp3) is 0.500. The highest BCUT2D eigenvalue weighted by Gasteiger charge is 2.18. The van der Waals surface area contributed by atoms with E-state index in [-0.39, 0.29) is 12.1 Å². The molecule has 0 bridgehead atoms. The molecule has 0 fully saturated rings. The summed E-state index contributed by atoms with van der Waals surface area (Å²) in [6, 6.07) is -0.0776. The quantitative estimate of drug-likeness (QED) is 0.694. The molecule has 4 nitrogen and oxygen atoms in total. The summed E-state index contributed by atoms with van der Waals surface area (Å²) in [5.74, 6) is 0. The van der Waals surface area contributed by atoms with Crippen molar-refractivity contribution in [3.05, 3.63) is 23.8 Å². The van der Waals surface area contributed by atoms with Crippen molar-refractivity contribution in [2.24, 2.45) is 10.7 Å². The lowest BCUT2D eigenvalue weighted by molar-refractivity contribution is 0.245. The Kier molecular flexibility index (Phi) is 3.08. The van der Waals surface area contributed by atoms with E-state index >= 15 is 0 Å². The van der Waals surface area contributed by atoms with Gasteiger partial charge in [0.2, 0.25) is 0 Å². The zero-order valence-corrected chi connectivity index (χ0v) is 9.44. The Balaban J connectivity index is 1.95. The lowest BCUT2D eigenvalue weighted by Crippen LogP contribution is -2.40. The molecule has 86 valence electrons. The predicted octanol–water partition coefficient (Wildman–Crippen LogP) is 1.53. The number of hydrogen-bond acceptors (Lipinski definition) is 2. The zero-order chi connectivity index (χ0) is 11.5. The Labute approximate surface area is 95.3 Å². The first-order valence-corrected chi connectivity index (χ1v) is 5.63. The fourth-order valence-corrected chi connectivity index (χ4v) is 1.91. The second-order valence-corrected chi connectivity index (χ2v) is 4.33. The highest BCUT2D eigenvalue weighted by atomic mass is 16.2. The van der Waals surface area contributed by atoms with Crippen LogP contribution in [0, 0.1) is 0 Å². The van der Waals surface area contributed by atoms with E-state index in [0.717, 1.165) is 25.0 Å². The van der Waals surface area contributed by atoms with Crippen LogP contribution in [-0.4, -0.2) is 23.8 Å². The van der Waals surface area contributed by atoms with Crippen LogP contribution in [0.15, 0.2) is 28.8 Å². The third-order valence-corrected chi connectivity index (χ3v) is 2.87. The number of primary amides is 1. The van der Waals surface area contributed by atoms with Crippen LogP contribution in [-0.2, 0) is 0 Å². The van der Waals surface area contributed by atoms with Gasteiger partial charge in [-0.05, 0) is 31.4 Å². The van der Waals surface area contributed by atoms with E-state index in [1.54, 1.807) is 0 Å². The summed E-state index contributed by atoms with van der Waals surface area (Å²) >= 11 is 0. The number of carbonyl (C=O) groups excluding carboxylic acids is 1. The average molecular weight is 219 g/mol. The van der Waals surface area contributed by atoms with E-state index in [4.69, 9.17) is 5.73 Å². The number of carbonyl (C=O) groups is 1. The van der Waals surface area contributed by atoms with Crippen LogP contribution in [0.4, 0.5) is 4.79 Å². The number of amides is 2. The first-order chi connectivity index (χ1) is 7.65. The highest BCUT2D eigenvalue weighted by molar-refractivity contribution is 5.96. The predicted molar refractivity (Wildman–Crippen MR) is 64.5 cm³/mol. The molecule has 3 N–H and O–H groups in total. The lowest BCUT2D eigenvalue weighted by Gasteiger charge is -2.20. The van der Waals surface area contributed by atoms with E-state index in [9.17, 15) is 4.79 Å². The summed E-state index contributed by atoms with van der Waals surface area (Å²) in [6.07, 6.45) is 8.98. The third kappa shape index (κ3) is 2.95. The minimum atomic E-state index is -0.461. The zero-order valence-electron chi connectivity index (χ0n) is 9.44. The molecule has 0 saturated heterocycles. The average Bonchev–Trinajstić information content (AvgIpc) is 2.99. The summed E-state index contributed by atoms with van der Waals surface area (Å²) in [5, 5.41) is 2.72. The summed E-state index contributed by atoms with van der Waals surface area (Å²) in [4.78, 5) is 15.4. The maximum absolute atomic E-state index is 10.8. The molecule has 0 aromatic carbocycles. The van der Waals surface area contributed by atoms with Gasteiger partial charge in [0.05, 0.1) is 6.04 Å². The van der Waals surface area contributed by atoms with Gasteiger partial charge in [-0.1, -0.05) is 12.2 Å². The molecule has 4 heteroatoms. The Morgan fingerprint density at radius 1 is 1.69 bits per heavy atom. The number of nitrogens with one attached hydrogen (secondary N) is 1. The number of nitrogens with two attached hydrogens (primary N) is 1. The molecule has 2 atom stereocenters. The molecule has 16 heavy (non-hydrogen) atoms. The van der Waals surface area contributed by atoms with Crippen molar-refractivity contribution in [1.29, 1.82) is 0 Å². The van der Waals surface area contributed by atoms with Crippen molar-refractivity contribution >= 4 is 11.7 Å². The number of urea groups is 1. The molecule has 0 heterocycles. The molecule has 2 unspecified atom stereocenters. The Morgan fingerprint density at radius 2 is 2.44 bits per heavy atom. The number of hydrogen-bond donors (Lipinski definition) is 2. The molecule has 2 aliphatic rings. The van der Waals surface area contributed by atoms with E-state index in [2.05, 4.69) is 23.3 Å². The van der Waals surface area contributed by atoms with Gasteiger partial charge in [-0.2, -0.15) is 0 Å². The van der Waals surface area contributed by atoms with E-state index < -0.39 is 6.03 Å². The number of rotatable bonds is 3. The van der Waals surface area contributed by atoms with Gasteiger partial charge in [0.1, 0.15) is 0 Å². The van der Waals surface area contributed by atoms with Gasteiger partial charge in [0.15, 0.2) is 0 Å². The number of nitrogens with zero attached hydrogens (tertiary/aromatic N) is 1. The monoisotopic (exact) mass is 219 g/mol. The first kappa shape index (κ1) is 10.9. The minimum Gasteiger partial charge on any atom is -0.352 e. The molecule has 2 amide bonds. The normalized spacial score (nSPS) is 27.4. The van der Waals surface area contributed by atoms with Gasteiger partial charge in [0.25, 0.3) is 0 Å². The van der Waals surface area contributed by atoms with Crippen LogP contribution in [0.2, 0.25) is 0 Å². The summed E-state index contributed by atoms with van der Waals surface area (Å²) < 4.78 is 0. The standard InChI is InChI=1S/C12H17N3O/c1-8(9-5-6-9)14-10-3-2-4-11(7-10)15-12(13)16/h2-3,5,8,11H,4,6-7H2,1H3,(H3,13,15,16). The number of allylic oxidation sites excluding steroid dienone is 2. The Morgan fingerprint density at radius 3 is 3.06 bits per heavy atom. The highest BCUT2D eigenvalue weighted by Crippen LogP contribution is 2.25. The van der Waals surface area contributed by atoms with Crippen molar-refractivity contribution in [2.75, 3.05) is 0 Å². The van der Waals surface area contributed by atoms with Crippen LogP contribution in [0.5, 0.6) is 0 Å². The van der Waals surface area contributed by atoms with Gasteiger partial charge in [0, 0.05) is 18.2 Å². The molecular weight excluding hydrogens is 202 g/mol. The maximum Gasteiger partial charge on any atom is 0.312 e. The second kappa shape index (κ2) is 4.51. The fourth-order valence-electron chi connectivity index (χ4n) is 1.91. The van der Waals surface area contributed by atoms with Crippen molar-refractivity contribution in [2.45, 2.75) is 38.3 Å². The van der Waals surface area contributed by atoms with E-state index in [0.29, 0.717) is 0 Å². The van der Waals surface area contributed by atoms with E-state index in [1.807, 2.05) is 12.2 Å². The molecule has 2 aliphatic carbocycles. The van der Waals surface area contributed by atoms with Gasteiger partial charge >= 0.3 is 6.03 Å². The molecule has 0 radical (unpaired) electrons. The van der Waals surface area contributed by atoms with Crippen molar-refractivity contribution in [1.82, 2.24) is 5.32 Å². The van der Waals surface area contributed by atoms with Gasteiger partial charge in [-0.15, -0.1) is 0 Å². The summed E-state index contributed by atoms with van der Waals surface area (Å²) in [7, 11) is 0. The van der Waals surface area contributed by atoms with E-state index in [1.165, 1.54) is 5.57 Å². The Hall–Kier alpha value is -1.58. The van der Waals surface area contributed by atoms with Crippen LogP contribution < -0.4 is 11.1 Å². The largest absolute Gasteiger partial charge is 0.352 e. The number of aliphatic imine (C=N–C) groups is 1. The van der Waals surface area contributed by atoms with Crippen molar-refractivity contribution in [3.63, 3.8) is 0 Å². The minimum absolute atomic E-state index is 0.0987. The first-order valence-electron chi connectivity index (χ1n) is 5.63. The van der Waals surface area contributed by atoms with Crippen molar-refractivity contribution in [3.8, 4) is 0 Å². The topological polar surface area (TPSA) is 67.5 Å². The maximum atomic E-state index is 10.8. The van der Waals surface area contributed by atoms with Crippen LogP contribution in [0.3, 0.4) is 0 Å². The SMILES string of the molecule is CC(N=C1C=CCC(NC(N)=O)C1)C1=CC1. The second-order valence-electron chi connectivity index (χ2n) is 4.33. The lowest BCUT2D eigenvalue weighted by atomic mass is 10.00. The van der Waals surface area contributed by atoms with Crippen molar-refractivity contribution < 1.29 is 4.79 Å². The van der Waals surface area contributed by atoms with Crippen LogP contribution in [0.1, 0.15) is 26.2 Å². The molecule has 0 aromatic rings. The molecule has 0 saturated carbocycles. The molecular formula is C12H17N3O. The van der Waals surface area contributed by atoms with Gasteiger partial charge in [-0.25, -0.2) is 4.79 Å². The van der Waals surface area contributed by atoms with Crippen LogP contribution >= 0.6 is 0 Å². The molecule has 0 aliphatic heterocycles. The summed E-state index contributed by atoms with van der Waals surface area (Å²) in [5.41, 5.74) is 7.56. The molecule has 2 rings (SSSR count). The molecule has 0 aromatic heterocycles. The summed E-state index contributed by atoms with van der Waals surface area (Å²) in [6.45, 7) is 2.10. The van der Waals surface area contributed by atoms with Crippen LogP contribution in [0.25, 0.3) is 0 Å². The third-order valence-electron chi connectivity index (χ3n) is 2.87. The Bertz CT molecular complexity index is 382. The molecule has 0 spiro atoms.